The predicted molar refractivity (Wildman–Crippen MR) is 62.3 cm³/mol. The summed E-state index contributed by atoms with van der Waals surface area (Å²) in [5, 5.41) is 9.95. The Hall–Kier alpha value is -1.09. The monoisotopic (exact) mass is 236 g/mol. The van der Waals surface area contributed by atoms with Crippen LogP contribution >= 0.6 is 0 Å². The molecule has 2 unspecified atom stereocenters. The number of benzene rings is 1. The van der Waals surface area contributed by atoms with Crippen LogP contribution in [-0.2, 0) is 0 Å². The van der Waals surface area contributed by atoms with Gasteiger partial charge in [-0.2, -0.15) is 0 Å². The van der Waals surface area contributed by atoms with E-state index in [0.717, 1.165) is 12.8 Å². The van der Waals surface area contributed by atoms with Crippen molar-refractivity contribution in [3.8, 4) is 5.75 Å². The van der Waals surface area contributed by atoms with Crippen molar-refractivity contribution in [3.05, 3.63) is 30.1 Å². The molecule has 2 nitrogen and oxygen atoms in total. The Morgan fingerprint density at radius 2 is 2.06 bits per heavy atom. The van der Waals surface area contributed by atoms with Crippen molar-refractivity contribution < 1.29 is 14.2 Å². The Bertz CT molecular complexity index is 412. The number of aliphatic hydroxyl groups is 1. The Morgan fingerprint density at radius 1 is 1.29 bits per heavy atom. The Balaban J connectivity index is 1.74. The first kappa shape index (κ1) is 11.0. The van der Waals surface area contributed by atoms with Crippen LogP contribution < -0.4 is 4.74 Å². The Labute approximate surface area is 100 Å². The first-order valence-electron chi connectivity index (χ1n) is 6.31. The van der Waals surface area contributed by atoms with Gasteiger partial charge in [0.2, 0.25) is 0 Å². The van der Waals surface area contributed by atoms with Gasteiger partial charge in [0.1, 0.15) is 17.7 Å². The summed E-state index contributed by atoms with van der Waals surface area (Å²) in [5.74, 6) is 0.302. The van der Waals surface area contributed by atoms with E-state index in [-0.39, 0.29) is 23.4 Å². The normalized spacial score (nSPS) is 30.2. The molecule has 1 aromatic rings. The molecule has 1 N–H and O–H groups in total. The Kier molecular flexibility index (Phi) is 2.58. The zero-order valence-corrected chi connectivity index (χ0v) is 9.73. The molecule has 0 saturated heterocycles. The van der Waals surface area contributed by atoms with Crippen LogP contribution in [-0.4, -0.2) is 17.3 Å². The van der Waals surface area contributed by atoms with Crippen LogP contribution in [0.25, 0.3) is 0 Å². The van der Waals surface area contributed by atoms with Gasteiger partial charge in [-0.05, 0) is 25.0 Å². The first-order valence-corrected chi connectivity index (χ1v) is 6.31. The van der Waals surface area contributed by atoms with Gasteiger partial charge in [-0.25, -0.2) is 4.39 Å². The van der Waals surface area contributed by atoms with Gasteiger partial charge >= 0.3 is 0 Å². The minimum Gasteiger partial charge on any atom is -0.490 e. The number of aliphatic hydroxyl groups excluding tert-OH is 1. The van der Waals surface area contributed by atoms with Crippen LogP contribution in [0.1, 0.15) is 32.1 Å². The smallest absolute Gasteiger partial charge is 0.126 e. The number of halogens is 1. The number of rotatable bonds is 2. The lowest BCUT2D eigenvalue weighted by Gasteiger charge is -2.51. The van der Waals surface area contributed by atoms with Gasteiger partial charge < -0.3 is 9.84 Å². The fourth-order valence-electron chi connectivity index (χ4n) is 3.28. The van der Waals surface area contributed by atoms with E-state index in [2.05, 4.69) is 0 Å². The van der Waals surface area contributed by atoms with E-state index in [1.165, 1.54) is 25.0 Å². The second-order valence-electron chi connectivity index (χ2n) is 5.26. The molecule has 1 aromatic carbocycles. The van der Waals surface area contributed by atoms with Crippen LogP contribution in [0.5, 0.6) is 5.75 Å². The van der Waals surface area contributed by atoms with E-state index in [0.29, 0.717) is 12.2 Å². The maximum Gasteiger partial charge on any atom is 0.126 e. The van der Waals surface area contributed by atoms with Gasteiger partial charge in [-0.3, -0.25) is 0 Å². The molecule has 0 aliphatic heterocycles. The van der Waals surface area contributed by atoms with Crippen molar-refractivity contribution >= 4 is 0 Å². The SMILES string of the molecule is OC1CC(Oc2cccc(F)c2)C12CCCC2. The molecule has 0 aromatic heterocycles. The first-order chi connectivity index (χ1) is 8.21. The van der Waals surface area contributed by atoms with E-state index in [9.17, 15) is 9.50 Å². The summed E-state index contributed by atoms with van der Waals surface area (Å²) in [6, 6.07) is 6.25. The quantitative estimate of drug-likeness (QED) is 0.855. The molecule has 3 heteroatoms. The molecule has 92 valence electrons. The van der Waals surface area contributed by atoms with Gasteiger partial charge in [0.15, 0.2) is 0 Å². The average molecular weight is 236 g/mol. The standard InChI is InChI=1S/C14H17FO2/c15-10-4-3-5-11(8-10)17-13-9-12(16)14(13)6-1-2-7-14/h3-5,8,12-13,16H,1-2,6-7,9H2. The maximum atomic E-state index is 13.1. The fourth-order valence-corrected chi connectivity index (χ4v) is 3.28. The summed E-state index contributed by atoms with van der Waals surface area (Å²) in [6.45, 7) is 0. The van der Waals surface area contributed by atoms with Crippen molar-refractivity contribution in [1.82, 2.24) is 0 Å². The number of ether oxygens (including phenoxy) is 1. The molecule has 2 aliphatic rings. The lowest BCUT2D eigenvalue weighted by Crippen LogP contribution is -2.58. The molecule has 2 atom stereocenters. The van der Waals surface area contributed by atoms with Crippen molar-refractivity contribution in [2.75, 3.05) is 0 Å². The summed E-state index contributed by atoms with van der Waals surface area (Å²) in [6.07, 6.45) is 4.91. The summed E-state index contributed by atoms with van der Waals surface area (Å²) < 4.78 is 18.9. The molecule has 1 spiro atoms. The molecular formula is C14H17FO2. The van der Waals surface area contributed by atoms with Gasteiger partial charge in [-0.1, -0.05) is 18.9 Å². The molecule has 0 bridgehead atoms. The van der Waals surface area contributed by atoms with Crippen LogP contribution in [0, 0.1) is 11.2 Å². The molecule has 2 saturated carbocycles. The molecular weight excluding hydrogens is 219 g/mol. The summed E-state index contributed by atoms with van der Waals surface area (Å²) in [5.41, 5.74) is -0.0493. The van der Waals surface area contributed by atoms with Crippen molar-refractivity contribution in [1.29, 1.82) is 0 Å². The second kappa shape index (κ2) is 3.98. The number of hydrogen-bond donors (Lipinski definition) is 1. The van der Waals surface area contributed by atoms with Crippen LogP contribution in [0.4, 0.5) is 4.39 Å². The second-order valence-corrected chi connectivity index (χ2v) is 5.26. The summed E-state index contributed by atoms with van der Waals surface area (Å²) >= 11 is 0. The van der Waals surface area contributed by atoms with E-state index in [1.807, 2.05) is 0 Å². The van der Waals surface area contributed by atoms with E-state index < -0.39 is 0 Å². The fraction of sp³-hybridized carbons (Fsp3) is 0.571. The maximum absolute atomic E-state index is 13.1. The van der Waals surface area contributed by atoms with Crippen LogP contribution in [0.15, 0.2) is 24.3 Å². The molecule has 17 heavy (non-hydrogen) atoms. The van der Waals surface area contributed by atoms with Crippen LogP contribution in [0.3, 0.4) is 0 Å². The molecule has 0 heterocycles. The number of hydrogen-bond acceptors (Lipinski definition) is 2. The lowest BCUT2D eigenvalue weighted by molar-refractivity contribution is -0.152. The zero-order chi connectivity index (χ0) is 11.9. The lowest BCUT2D eigenvalue weighted by atomic mass is 9.62. The third-order valence-electron chi connectivity index (χ3n) is 4.35. The molecule has 0 radical (unpaired) electrons. The Morgan fingerprint density at radius 3 is 2.71 bits per heavy atom. The van der Waals surface area contributed by atoms with Gasteiger partial charge in [0.25, 0.3) is 0 Å². The molecule has 0 amide bonds. The highest BCUT2D eigenvalue weighted by Gasteiger charge is 2.57. The van der Waals surface area contributed by atoms with Gasteiger partial charge in [-0.15, -0.1) is 0 Å². The predicted octanol–water partition coefficient (Wildman–Crippen LogP) is 2.90. The highest BCUT2D eigenvalue weighted by Crippen LogP contribution is 2.54. The summed E-state index contributed by atoms with van der Waals surface area (Å²) in [7, 11) is 0. The highest BCUT2D eigenvalue weighted by molar-refractivity contribution is 5.24. The third kappa shape index (κ3) is 1.73. The summed E-state index contributed by atoms with van der Waals surface area (Å²) in [4.78, 5) is 0. The topological polar surface area (TPSA) is 29.5 Å². The average Bonchev–Trinajstić information content (AvgIpc) is 2.80. The van der Waals surface area contributed by atoms with Gasteiger partial charge in [0.05, 0.1) is 6.10 Å². The molecule has 3 rings (SSSR count). The minimum absolute atomic E-state index is 0.0493. The largest absolute Gasteiger partial charge is 0.490 e. The van der Waals surface area contributed by atoms with Crippen molar-refractivity contribution in [3.63, 3.8) is 0 Å². The van der Waals surface area contributed by atoms with E-state index in [1.54, 1.807) is 12.1 Å². The molecule has 2 aliphatic carbocycles. The molecule has 2 fully saturated rings. The van der Waals surface area contributed by atoms with Crippen molar-refractivity contribution in [2.45, 2.75) is 44.3 Å². The van der Waals surface area contributed by atoms with Gasteiger partial charge in [0, 0.05) is 17.9 Å². The highest BCUT2D eigenvalue weighted by atomic mass is 19.1. The zero-order valence-electron chi connectivity index (χ0n) is 9.73. The van der Waals surface area contributed by atoms with E-state index >= 15 is 0 Å². The van der Waals surface area contributed by atoms with E-state index in [4.69, 9.17) is 4.74 Å². The third-order valence-corrected chi connectivity index (χ3v) is 4.35. The minimum atomic E-state index is -0.275. The van der Waals surface area contributed by atoms with Crippen molar-refractivity contribution in [2.24, 2.45) is 5.41 Å². The van der Waals surface area contributed by atoms with Crippen LogP contribution in [0.2, 0.25) is 0 Å².